The fourth-order valence-electron chi connectivity index (χ4n) is 0. The molecule has 0 aliphatic carbocycles. The van der Waals surface area contributed by atoms with E-state index >= 15 is 0 Å². The largest absolute Gasteiger partial charge is 2.00 e. The molecule has 0 atom stereocenters. The summed E-state index contributed by atoms with van der Waals surface area (Å²) >= 11 is 0. The quantitative estimate of drug-likeness (QED) is 0.258. The Morgan fingerprint density at radius 1 is 0.667 bits per heavy atom. The van der Waals surface area contributed by atoms with Crippen molar-refractivity contribution >= 4 is 58.5 Å². The second kappa shape index (κ2) is 9.08. The van der Waals surface area contributed by atoms with Gasteiger partial charge in [0.05, 0.1) is 0 Å². The molecule has 0 fully saturated rings. The van der Waals surface area contributed by atoms with Crippen LogP contribution in [-0.4, -0.2) is 72.8 Å². The Balaban J connectivity index is -0.0000000457. The van der Waals surface area contributed by atoms with Gasteiger partial charge in [-0.25, -0.2) is 0 Å². The van der Waals surface area contributed by atoms with Gasteiger partial charge in [0.15, 0.2) is 0 Å². The Hall–Kier alpha value is 1.51. The van der Waals surface area contributed by atoms with Crippen molar-refractivity contribution in [3.8, 4) is 0 Å². The van der Waals surface area contributed by atoms with Crippen molar-refractivity contribution in [3.63, 3.8) is 0 Å². The second-order valence-electron chi connectivity index (χ2n) is 0.816. The molecule has 0 unspecified atom stereocenters. The van der Waals surface area contributed by atoms with E-state index < -0.39 is 20.8 Å². The Morgan fingerprint density at radius 2 is 0.667 bits per heavy atom. The normalized spacial score (nSPS) is 9.67. The maximum atomic E-state index is 8.52. The Morgan fingerprint density at radius 3 is 0.667 bits per heavy atom. The molecule has 71 valence electrons. The van der Waals surface area contributed by atoms with Crippen LogP contribution in [-0.2, 0) is 37.6 Å². The molecule has 0 aliphatic rings. The molecule has 0 spiro atoms. The zero-order valence-electron chi connectivity index (χ0n) is 5.12. The molecule has 0 N–H and O–H groups in total. The zero-order chi connectivity index (χ0) is 9.00. The summed E-state index contributed by atoms with van der Waals surface area (Å²) in [5.74, 6) is 0. The fourth-order valence-corrected chi connectivity index (χ4v) is 0. The first-order chi connectivity index (χ1) is 4.00. The summed E-state index contributed by atoms with van der Waals surface area (Å²) in [4.78, 5) is 0. The topological polar surface area (TPSA) is 161 Å². The van der Waals surface area contributed by atoms with Gasteiger partial charge < -0.3 is 18.2 Å². The second-order valence-corrected chi connectivity index (χ2v) is 2.45. The molecule has 0 saturated heterocycles. The fraction of sp³-hybridized carbons (Fsp3) is 0. The van der Waals surface area contributed by atoms with Crippen molar-refractivity contribution in [2.75, 3.05) is 0 Å². The van der Waals surface area contributed by atoms with Crippen LogP contribution >= 0.6 is 0 Å². The minimum atomic E-state index is -5.17. The van der Waals surface area contributed by atoms with E-state index in [1.165, 1.54) is 0 Å². The molecule has 0 rings (SSSR count). The summed E-state index contributed by atoms with van der Waals surface area (Å²) in [6, 6.07) is 0. The molecule has 0 aromatic carbocycles. The molecule has 0 bridgehead atoms. The number of rotatable bonds is 0. The zero-order valence-corrected chi connectivity index (χ0v) is 10.0. The van der Waals surface area contributed by atoms with E-state index in [4.69, 9.17) is 35.0 Å². The van der Waals surface area contributed by atoms with Crippen LogP contribution in [0.4, 0.5) is 0 Å². The molecule has 0 amide bonds. The van der Waals surface area contributed by atoms with Gasteiger partial charge in [-0.15, -0.1) is 0 Å². The van der Waals surface area contributed by atoms with E-state index in [0.717, 1.165) is 0 Å². The van der Waals surface area contributed by atoms with E-state index in [-0.39, 0.29) is 54.5 Å². The van der Waals surface area contributed by atoms with Crippen LogP contribution in [0, 0.1) is 0 Å². The predicted octanol–water partition coefficient (Wildman–Crippen LogP) is -3.06. The van der Waals surface area contributed by atoms with Crippen molar-refractivity contribution in [3.05, 3.63) is 0 Å². The molecule has 12 heteroatoms. The van der Waals surface area contributed by atoms with Crippen LogP contribution in [0.2, 0.25) is 0 Å². The smallest absolute Gasteiger partial charge is 0.759 e. The maximum Gasteiger partial charge on any atom is 2.00 e. The molecule has 1 radical (unpaired) electrons. The van der Waals surface area contributed by atoms with Gasteiger partial charge in [-0.05, 0) is 0 Å². The third kappa shape index (κ3) is 560. The van der Waals surface area contributed by atoms with Crippen molar-refractivity contribution in [1.82, 2.24) is 0 Å². The molecule has 0 saturated carbocycles. The summed E-state index contributed by atoms with van der Waals surface area (Å²) in [5, 5.41) is 0. The van der Waals surface area contributed by atoms with Crippen molar-refractivity contribution < 1.29 is 51.8 Å². The molecule has 0 aromatic rings. The first-order valence-corrected chi connectivity index (χ1v) is 4.00. The van der Waals surface area contributed by atoms with E-state index in [2.05, 4.69) is 0 Å². The van der Waals surface area contributed by atoms with Crippen molar-refractivity contribution in [1.29, 1.82) is 0 Å². The van der Waals surface area contributed by atoms with Crippen LogP contribution < -0.4 is 0 Å². The molecule has 0 aliphatic heterocycles. The van der Waals surface area contributed by atoms with Crippen LogP contribution in [0.1, 0.15) is 0 Å². The monoisotopic (exact) mass is 291 g/mol. The molecular formula is CaCoO8S2. The molecular weight excluding hydrogens is 291 g/mol. The van der Waals surface area contributed by atoms with Crippen LogP contribution in [0.25, 0.3) is 0 Å². The molecule has 0 heterocycles. The van der Waals surface area contributed by atoms with Gasteiger partial charge in [0.1, 0.15) is 0 Å². The predicted molar refractivity (Wildman–Crippen MR) is 26.7 cm³/mol. The summed E-state index contributed by atoms with van der Waals surface area (Å²) in [6.07, 6.45) is 0. The van der Waals surface area contributed by atoms with E-state index in [1.54, 1.807) is 0 Å². The van der Waals surface area contributed by atoms with Gasteiger partial charge >= 0.3 is 54.5 Å². The summed E-state index contributed by atoms with van der Waals surface area (Å²) in [7, 11) is -10.3. The first kappa shape index (κ1) is 23.4. The van der Waals surface area contributed by atoms with Crippen molar-refractivity contribution in [2.24, 2.45) is 0 Å². The number of hydrogen-bond donors (Lipinski definition) is 0. The Labute approximate surface area is 109 Å². The van der Waals surface area contributed by atoms with Gasteiger partial charge in [0.2, 0.25) is 0 Å². The van der Waals surface area contributed by atoms with Crippen LogP contribution in [0.3, 0.4) is 0 Å². The molecule has 0 aromatic heterocycles. The van der Waals surface area contributed by atoms with Gasteiger partial charge in [-0.1, -0.05) is 0 Å². The van der Waals surface area contributed by atoms with E-state index in [9.17, 15) is 0 Å². The Kier molecular flexibility index (Phi) is 17.7. The van der Waals surface area contributed by atoms with Gasteiger partial charge in [-0.3, -0.25) is 16.8 Å². The Bertz CT molecular complexity index is 213. The first-order valence-electron chi connectivity index (χ1n) is 1.33. The van der Waals surface area contributed by atoms with Crippen LogP contribution in [0.5, 0.6) is 0 Å². The van der Waals surface area contributed by atoms with Crippen molar-refractivity contribution in [2.45, 2.75) is 0 Å². The van der Waals surface area contributed by atoms with Gasteiger partial charge in [0, 0.05) is 20.8 Å². The third-order valence-electron chi connectivity index (χ3n) is 0. The van der Waals surface area contributed by atoms with E-state index in [1.807, 2.05) is 0 Å². The average Bonchev–Trinajstić information content (AvgIpc) is 1.12. The van der Waals surface area contributed by atoms with Gasteiger partial charge in [0.25, 0.3) is 0 Å². The minimum absolute atomic E-state index is 0. The standard InChI is InChI=1S/Ca.Co.2H2O4S/c;;2*1-5(2,3)4/h;;2*(H2,1,2,3,4)/q2*+2;;/p-4. The SMILES string of the molecule is O=S(=O)([O-])[O-].O=S(=O)([O-])[O-].[Ca+2].[Co+2]. The minimum Gasteiger partial charge on any atom is -0.759 e. The number of hydrogen-bond acceptors (Lipinski definition) is 8. The molecule has 8 nitrogen and oxygen atoms in total. The van der Waals surface area contributed by atoms with E-state index in [0.29, 0.717) is 0 Å². The average molecular weight is 291 g/mol. The summed E-state index contributed by atoms with van der Waals surface area (Å²) in [6.45, 7) is 0. The summed E-state index contributed by atoms with van der Waals surface area (Å²) < 4.78 is 68.2. The maximum absolute atomic E-state index is 8.52. The van der Waals surface area contributed by atoms with Crippen LogP contribution in [0.15, 0.2) is 0 Å². The molecule has 12 heavy (non-hydrogen) atoms. The third-order valence-corrected chi connectivity index (χ3v) is 0. The summed E-state index contributed by atoms with van der Waals surface area (Å²) in [5.41, 5.74) is 0. The van der Waals surface area contributed by atoms with Gasteiger partial charge in [-0.2, -0.15) is 0 Å².